The Morgan fingerprint density at radius 3 is 2.88 bits per heavy atom. The van der Waals surface area contributed by atoms with E-state index in [1.807, 2.05) is 36.4 Å². The smallest absolute Gasteiger partial charge is 0.231 e. The molecule has 0 saturated heterocycles. The van der Waals surface area contributed by atoms with E-state index in [4.69, 9.17) is 9.15 Å². The molecular formula is C19H19N3O3S. The highest BCUT2D eigenvalue weighted by Gasteiger charge is 2.13. The largest absolute Gasteiger partial charge is 0.476 e. The number of benzene rings is 1. The molecular weight excluding hydrogens is 350 g/mol. The molecule has 0 atom stereocenters. The Bertz CT molecular complexity index is 1160. The molecule has 0 radical (unpaired) electrons. The van der Waals surface area contributed by atoms with Gasteiger partial charge in [-0.2, -0.15) is 0 Å². The summed E-state index contributed by atoms with van der Waals surface area (Å²) < 4.78 is 25.0. The van der Waals surface area contributed by atoms with Crippen molar-refractivity contribution < 1.29 is 13.4 Å². The van der Waals surface area contributed by atoms with E-state index in [0.717, 1.165) is 16.7 Å². The Balaban J connectivity index is 1.63. The van der Waals surface area contributed by atoms with Gasteiger partial charge in [-0.1, -0.05) is 18.2 Å². The van der Waals surface area contributed by atoms with Gasteiger partial charge in [0.25, 0.3) is 0 Å². The van der Waals surface area contributed by atoms with Gasteiger partial charge < -0.3 is 9.15 Å². The maximum absolute atomic E-state index is 11.7. The van der Waals surface area contributed by atoms with Gasteiger partial charge in [0.15, 0.2) is 11.4 Å². The fourth-order valence-electron chi connectivity index (χ4n) is 2.71. The number of para-hydroxylation sites is 1. The van der Waals surface area contributed by atoms with E-state index in [-0.39, 0.29) is 0 Å². The minimum atomic E-state index is -1.86. The van der Waals surface area contributed by atoms with Crippen molar-refractivity contribution in [1.82, 2.24) is 14.6 Å². The number of imidazole rings is 1. The Labute approximate surface area is 151 Å². The third-order valence-electron chi connectivity index (χ3n) is 3.90. The van der Waals surface area contributed by atoms with Crippen LogP contribution >= 0.6 is 0 Å². The molecule has 6 nitrogen and oxygen atoms in total. The molecule has 26 heavy (non-hydrogen) atoms. The van der Waals surface area contributed by atoms with Gasteiger partial charge >= 0.3 is 0 Å². The van der Waals surface area contributed by atoms with Gasteiger partial charge in [0, 0.05) is 30.4 Å². The van der Waals surface area contributed by atoms with Gasteiger partial charge in [-0.3, -0.25) is 4.21 Å². The zero-order valence-corrected chi connectivity index (χ0v) is 15.4. The summed E-state index contributed by atoms with van der Waals surface area (Å²) in [4.78, 5) is 4.38. The molecule has 0 aliphatic carbocycles. The van der Waals surface area contributed by atoms with Crippen LogP contribution in [0.3, 0.4) is 0 Å². The lowest BCUT2D eigenvalue weighted by atomic mass is 10.2. The van der Waals surface area contributed by atoms with Crippen LogP contribution in [0, 0.1) is 0 Å². The number of nitrogens with zero attached hydrogens (tertiary/aromatic N) is 3. The number of hydrogen-bond donors (Lipinski definition) is 0. The van der Waals surface area contributed by atoms with Crippen molar-refractivity contribution in [3.05, 3.63) is 48.7 Å². The maximum atomic E-state index is 11.7. The summed E-state index contributed by atoms with van der Waals surface area (Å²) >= 11 is 0. The lowest BCUT2D eigenvalue weighted by molar-refractivity contribution is 0.313. The first-order chi connectivity index (χ1) is 12.5. The number of ether oxygens (including phenoxy) is 1. The van der Waals surface area contributed by atoms with Gasteiger partial charge in [0.2, 0.25) is 5.88 Å². The molecule has 1 aromatic carbocycles. The van der Waals surface area contributed by atoms with Gasteiger partial charge in [-0.25, -0.2) is 9.50 Å². The van der Waals surface area contributed by atoms with Gasteiger partial charge in [-0.05, 0) is 33.1 Å². The summed E-state index contributed by atoms with van der Waals surface area (Å²) in [7, 11) is -1.86. The molecule has 134 valence electrons. The van der Waals surface area contributed by atoms with Crippen molar-refractivity contribution in [3.63, 3.8) is 0 Å². The van der Waals surface area contributed by atoms with Crippen molar-refractivity contribution in [1.29, 1.82) is 0 Å². The van der Waals surface area contributed by atoms with E-state index < -0.39 is 9.52 Å². The lowest BCUT2D eigenvalue weighted by Crippen LogP contribution is -2.05. The lowest BCUT2D eigenvalue weighted by Gasteiger charge is -2.05. The predicted octanol–water partition coefficient (Wildman–Crippen LogP) is 3.26. The summed E-state index contributed by atoms with van der Waals surface area (Å²) in [5.41, 5.74) is 2.30. The number of hydrogen-bond acceptors (Lipinski definition) is 5. The normalized spacial score (nSPS) is 11.9. The van der Waals surface area contributed by atoms with Crippen LogP contribution in [-0.4, -0.2) is 43.3 Å². The molecule has 7 heteroatoms. The van der Waals surface area contributed by atoms with Gasteiger partial charge in [0.1, 0.15) is 11.3 Å². The highest BCUT2D eigenvalue weighted by atomic mass is 32.2. The molecule has 0 saturated carbocycles. The number of fused-ring (bicyclic) bond motifs is 2. The standard InChI is InChI=1S/C19H19N3O3S/c1-26(2,23)11-5-10-24-19-9-8-18-20-13-15(22(18)21-19)17-12-14-6-3-4-7-16(14)25-17/h3-4,6-9,11-13H,5,10H2,1-2H3. The minimum absolute atomic E-state index is 0.422. The summed E-state index contributed by atoms with van der Waals surface area (Å²) in [5, 5.41) is 7.31. The molecule has 0 unspecified atom stereocenters. The molecule has 0 aliphatic heterocycles. The van der Waals surface area contributed by atoms with Crippen LogP contribution in [-0.2, 0) is 9.52 Å². The Morgan fingerprint density at radius 1 is 1.23 bits per heavy atom. The summed E-state index contributed by atoms with van der Waals surface area (Å²) in [6.07, 6.45) is 5.76. The van der Waals surface area contributed by atoms with Crippen molar-refractivity contribution in [2.24, 2.45) is 0 Å². The zero-order chi connectivity index (χ0) is 18.1. The quantitative estimate of drug-likeness (QED) is 0.399. The first kappa shape index (κ1) is 16.7. The summed E-state index contributed by atoms with van der Waals surface area (Å²) in [6.45, 7) is 0.422. The second-order valence-electron chi connectivity index (χ2n) is 6.35. The molecule has 0 aliphatic rings. The van der Waals surface area contributed by atoms with Crippen molar-refractivity contribution in [3.8, 4) is 17.3 Å². The second-order valence-corrected chi connectivity index (χ2v) is 9.30. The molecule has 0 N–H and O–H groups in total. The second kappa shape index (κ2) is 6.49. The number of furan rings is 1. The van der Waals surface area contributed by atoms with Gasteiger partial charge in [-0.15, -0.1) is 5.10 Å². The van der Waals surface area contributed by atoms with E-state index >= 15 is 0 Å². The SMILES string of the molecule is CS(C)(=O)=CCCOc1ccc2ncc(-c3cc4ccccc4o3)n2n1. The van der Waals surface area contributed by atoms with Crippen LogP contribution in [0.15, 0.2) is 53.1 Å². The first-order valence-electron chi connectivity index (χ1n) is 8.23. The van der Waals surface area contributed by atoms with E-state index in [1.165, 1.54) is 0 Å². The highest BCUT2D eigenvalue weighted by Crippen LogP contribution is 2.28. The van der Waals surface area contributed by atoms with Crippen molar-refractivity contribution in [2.75, 3.05) is 19.1 Å². The molecule has 4 rings (SSSR count). The monoisotopic (exact) mass is 369 g/mol. The summed E-state index contributed by atoms with van der Waals surface area (Å²) in [6, 6.07) is 13.4. The van der Waals surface area contributed by atoms with Crippen LogP contribution in [0.25, 0.3) is 28.1 Å². The van der Waals surface area contributed by atoms with E-state index in [9.17, 15) is 4.21 Å². The topological polar surface area (TPSA) is 69.6 Å². The molecule has 3 aromatic heterocycles. The molecule has 0 spiro atoms. The van der Waals surface area contributed by atoms with Crippen LogP contribution < -0.4 is 4.74 Å². The van der Waals surface area contributed by atoms with Crippen LogP contribution in [0.5, 0.6) is 5.88 Å². The van der Waals surface area contributed by atoms with Crippen molar-refractivity contribution in [2.45, 2.75) is 6.42 Å². The number of rotatable bonds is 5. The molecule has 0 fully saturated rings. The number of aromatic nitrogens is 3. The van der Waals surface area contributed by atoms with E-state index in [0.29, 0.717) is 30.3 Å². The molecule has 3 heterocycles. The molecule has 0 bridgehead atoms. The third kappa shape index (κ3) is 3.43. The van der Waals surface area contributed by atoms with Crippen molar-refractivity contribution >= 4 is 31.5 Å². The minimum Gasteiger partial charge on any atom is -0.476 e. The van der Waals surface area contributed by atoms with Crippen LogP contribution in [0.4, 0.5) is 0 Å². The summed E-state index contributed by atoms with van der Waals surface area (Å²) in [5.74, 6) is 1.19. The third-order valence-corrected chi connectivity index (χ3v) is 4.94. The van der Waals surface area contributed by atoms with Crippen LogP contribution in [0.2, 0.25) is 0 Å². The Kier molecular flexibility index (Phi) is 4.16. The Hall–Kier alpha value is -2.80. The fraction of sp³-hybridized carbons (Fsp3) is 0.211. The average molecular weight is 369 g/mol. The van der Waals surface area contributed by atoms with Gasteiger partial charge in [0.05, 0.1) is 12.8 Å². The Morgan fingerprint density at radius 2 is 2.08 bits per heavy atom. The van der Waals surface area contributed by atoms with E-state index in [2.05, 4.69) is 10.1 Å². The maximum Gasteiger partial charge on any atom is 0.231 e. The predicted molar refractivity (Wildman–Crippen MR) is 104 cm³/mol. The van der Waals surface area contributed by atoms with Crippen LogP contribution in [0.1, 0.15) is 6.42 Å². The molecule has 4 aromatic rings. The fourth-order valence-corrected chi connectivity index (χ4v) is 3.37. The first-order valence-corrected chi connectivity index (χ1v) is 10.7. The molecule has 0 amide bonds. The highest BCUT2D eigenvalue weighted by molar-refractivity contribution is 8.00. The zero-order valence-electron chi connectivity index (χ0n) is 14.6. The average Bonchev–Trinajstić information content (AvgIpc) is 3.21. The van der Waals surface area contributed by atoms with E-state index in [1.54, 1.807) is 34.7 Å².